The summed E-state index contributed by atoms with van der Waals surface area (Å²) >= 11 is 0. The molecule has 0 unspecified atom stereocenters. The second-order valence-corrected chi connectivity index (χ2v) is 21.2. The molecule has 0 atom stereocenters. The van der Waals surface area contributed by atoms with Crippen molar-refractivity contribution in [2.45, 2.75) is 123 Å². The molecule has 0 aromatic carbocycles. The molecule has 8 nitrogen and oxygen atoms in total. The van der Waals surface area contributed by atoms with Gasteiger partial charge in [0.05, 0.1) is 29.4 Å². The topological polar surface area (TPSA) is 84.5 Å². The van der Waals surface area contributed by atoms with E-state index >= 15 is 0 Å². The van der Waals surface area contributed by atoms with Crippen molar-refractivity contribution in [2.24, 2.45) is 0 Å². The van der Waals surface area contributed by atoms with Gasteiger partial charge in [-0.25, -0.2) is 28.1 Å². The Kier molecular flexibility index (Phi) is 14.3. The van der Waals surface area contributed by atoms with Crippen LogP contribution in [0, 0.1) is 0 Å². The van der Waals surface area contributed by atoms with Gasteiger partial charge < -0.3 is 9.47 Å². The first-order valence-corrected chi connectivity index (χ1v) is 19.4. The fourth-order valence-corrected chi connectivity index (χ4v) is 12.2. The van der Waals surface area contributed by atoms with Crippen LogP contribution in [0.5, 0.6) is 0 Å². The summed E-state index contributed by atoms with van der Waals surface area (Å²) in [7, 11) is -1.14. The number of aromatic nitrogens is 3. The number of hydrogen-bond donors (Lipinski definition) is 0. The zero-order valence-electron chi connectivity index (χ0n) is 23.5. The van der Waals surface area contributed by atoms with E-state index < -0.39 is 33.2 Å². The summed E-state index contributed by atoms with van der Waals surface area (Å²) in [5, 5.41) is 0. The third-order valence-corrected chi connectivity index (χ3v) is 20.5. The van der Waals surface area contributed by atoms with E-state index in [1.165, 1.54) is 45.4 Å². The largest absolute Gasteiger partial charge is 0.382 e. The molecule has 0 amide bonds. The van der Waals surface area contributed by atoms with E-state index in [0.717, 1.165) is 29.5 Å². The average molecular weight is 530 g/mol. The Balaban J connectivity index is 3.26. The summed E-state index contributed by atoms with van der Waals surface area (Å²) < 4.78 is 14.1. The number of methoxy groups -OCH3 is 1. The first kappa shape index (κ1) is 31.8. The van der Waals surface area contributed by atoms with Crippen molar-refractivity contribution >= 4 is 16.1 Å². The van der Waals surface area contributed by atoms with E-state index in [-0.39, 0.29) is 13.3 Å². The highest BCUT2D eigenvalue weighted by Gasteiger charge is 2.27. The zero-order chi connectivity index (χ0) is 26.5. The fraction of sp³-hybridized carbons (Fsp3) is 0.880. The van der Waals surface area contributed by atoms with Crippen molar-refractivity contribution in [1.82, 2.24) is 13.7 Å². The summed E-state index contributed by atoms with van der Waals surface area (Å²) in [5.74, 6) is 0. The van der Waals surface area contributed by atoms with E-state index in [1.807, 2.05) is 0 Å². The Labute approximate surface area is 213 Å². The summed E-state index contributed by atoms with van der Waals surface area (Å²) in [5.41, 5.74) is -1.60. The van der Waals surface area contributed by atoms with Gasteiger partial charge in [0, 0.05) is 20.2 Å². The Morgan fingerprint density at radius 3 is 1.31 bits per heavy atom. The molecular formula is C25H51N3O5Si2. The maximum absolute atomic E-state index is 13.3. The second-order valence-electron chi connectivity index (χ2n) is 9.94. The molecule has 0 radical (unpaired) electrons. The molecule has 0 aliphatic rings. The zero-order valence-corrected chi connectivity index (χ0v) is 25.5. The monoisotopic (exact) mass is 529 g/mol. The van der Waals surface area contributed by atoms with Gasteiger partial charge in [0.15, 0.2) is 0 Å². The van der Waals surface area contributed by atoms with Crippen molar-refractivity contribution in [2.75, 3.05) is 20.3 Å². The number of nitrogens with zero attached hydrogens (tertiary/aromatic N) is 3. The standard InChI is InChI=1S/C25H51N3O5Si2/c1-8-34(9-2,10-3)20-14-16-26-23(29)27(17-15-21-35(11-4,12-5)13-6)25(31)28(24(26)30)22-33-19-18-32-7/h8-22H2,1-7H3. The number of rotatable bonds is 19. The van der Waals surface area contributed by atoms with Crippen LogP contribution in [0.2, 0.25) is 48.4 Å². The molecule has 0 saturated heterocycles. The minimum Gasteiger partial charge on any atom is -0.382 e. The van der Waals surface area contributed by atoms with Crippen molar-refractivity contribution < 1.29 is 9.47 Å². The number of ether oxygens (including phenoxy) is 2. The van der Waals surface area contributed by atoms with E-state index in [1.54, 1.807) is 7.11 Å². The van der Waals surface area contributed by atoms with Gasteiger partial charge in [-0.15, -0.1) is 0 Å². The molecule has 10 heteroatoms. The second kappa shape index (κ2) is 15.8. The molecular weight excluding hydrogens is 478 g/mol. The van der Waals surface area contributed by atoms with Crippen LogP contribution in [0.1, 0.15) is 54.4 Å². The molecule has 0 bridgehead atoms. The Bertz CT molecular complexity index is 836. The lowest BCUT2D eigenvalue weighted by Gasteiger charge is -2.28. The lowest BCUT2D eigenvalue weighted by atomic mass is 10.4. The third kappa shape index (κ3) is 8.40. The van der Waals surface area contributed by atoms with Crippen LogP contribution in [0.4, 0.5) is 0 Å². The first-order valence-electron chi connectivity index (χ1n) is 13.7. The van der Waals surface area contributed by atoms with Gasteiger partial charge in [0.2, 0.25) is 0 Å². The quantitative estimate of drug-likeness (QED) is 0.193. The molecule has 0 N–H and O–H groups in total. The van der Waals surface area contributed by atoms with Gasteiger partial charge in [-0.2, -0.15) is 0 Å². The Morgan fingerprint density at radius 2 is 0.971 bits per heavy atom. The smallest absolute Gasteiger partial charge is 0.338 e. The van der Waals surface area contributed by atoms with Gasteiger partial charge >= 0.3 is 17.1 Å². The van der Waals surface area contributed by atoms with Gasteiger partial charge in [-0.1, -0.05) is 89.9 Å². The molecule has 1 aromatic rings. The first-order chi connectivity index (χ1) is 16.7. The van der Waals surface area contributed by atoms with Gasteiger partial charge in [-0.05, 0) is 12.8 Å². The maximum Gasteiger partial charge on any atom is 0.338 e. The summed E-state index contributed by atoms with van der Waals surface area (Å²) in [6.45, 7) is 14.8. The van der Waals surface area contributed by atoms with E-state index in [0.29, 0.717) is 19.7 Å². The van der Waals surface area contributed by atoms with Crippen LogP contribution in [0.15, 0.2) is 14.4 Å². The Morgan fingerprint density at radius 1 is 0.600 bits per heavy atom. The molecule has 1 rings (SSSR count). The lowest BCUT2D eigenvalue weighted by Crippen LogP contribution is -2.55. The van der Waals surface area contributed by atoms with Gasteiger partial charge in [0.1, 0.15) is 6.73 Å². The van der Waals surface area contributed by atoms with Crippen molar-refractivity contribution in [3.63, 3.8) is 0 Å². The molecule has 0 fully saturated rings. The highest BCUT2D eigenvalue weighted by molar-refractivity contribution is 6.80. The minimum absolute atomic E-state index is 0.170. The predicted octanol–water partition coefficient (Wildman–Crippen LogP) is 4.59. The molecule has 0 saturated carbocycles. The molecule has 0 aliphatic carbocycles. The third-order valence-electron chi connectivity index (χ3n) is 8.72. The van der Waals surface area contributed by atoms with Crippen molar-refractivity contribution in [1.29, 1.82) is 0 Å². The summed E-state index contributed by atoms with van der Waals surface area (Å²) in [4.78, 5) is 39.7. The summed E-state index contributed by atoms with van der Waals surface area (Å²) in [6.07, 6.45) is 1.58. The van der Waals surface area contributed by atoms with Gasteiger partial charge in [-0.3, -0.25) is 0 Å². The highest BCUT2D eigenvalue weighted by Crippen LogP contribution is 2.27. The van der Waals surface area contributed by atoms with Crippen LogP contribution in [0.25, 0.3) is 0 Å². The fourth-order valence-electron chi connectivity index (χ4n) is 5.26. The maximum atomic E-state index is 13.3. The van der Waals surface area contributed by atoms with Crippen LogP contribution in [-0.4, -0.2) is 50.2 Å². The molecule has 1 aromatic heterocycles. The van der Waals surface area contributed by atoms with Crippen molar-refractivity contribution in [3.05, 3.63) is 31.5 Å². The van der Waals surface area contributed by atoms with Crippen LogP contribution >= 0.6 is 0 Å². The highest BCUT2D eigenvalue weighted by atomic mass is 28.3. The molecule has 0 aliphatic heterocycles. The Hall–Kier alpha value is -1.24. The average Bonchev–Trinajstić information content (AvgIpc) is 2.88. The van der Waals surface area contributed by atoms with Crippen LogP contribution < -0.4 is 17.1 Å². The lowest BCUT2D eigenvalue weighted by molar-refractivity contribution is 0.0282. The van der Waals surface area contributed by atoms with E-state index in [9.17, 15) is 14.4 Å². The summed E-state index contributed by atoms with van der Waals surface area (Å²) in [6, 6.07) is 9.45. The minimum atomic E-state index is -1.36. The normalized spacial score (nSPS) is 12.4. The van der Waals surface area contributed by atoms with Crippen LogP contribution in [-0.2, 0) is 29.3 Å². The van der Waals surface area contributed by atoms with E-state index in [2.05, 4.69) is 41.5 Å². The molecule has 0 spiro atoms. The molecule has 35 heavy (non-hydrogen) atoms. The molecule has 204 valence electrons. The van der Waals surface area contributed by atoms with Gasteiger partial charge in [0.25, 0.3) is 0 Å². The predicted molar refractivity (Wildman–Crippen MR) is 150 cm³/mol. The van der Waals surface area contributed by atoms with Crippen molar-refractivity contribution in [3.8, 4) is 0 Å². The SMILES string of the molecule is CC[Si](CC)(CC)CCCn1c(=O)n(CCC[Si](CC)(CC)CC)c(=O)n(COCCOC)c1=O. The van der Waals surface area contributed by atoms with Crippen LogP contribution in [0.3, 0.4) is 0 Å². The number of hydrogen-bond acceptors (Lipinski definition) is 5. The van der Waals surface area contributed by atoms with E-state index in [4.69, 9.17) is 9.47 Å². The molecule has 1 heterocycles.